The number of aromatic amines is 1. The molecule has 6 heteroatoms. The number of amides is 2. The first kappa shape index (κ1) is 18.9. The molecule has 2 aromatic rings. The zero-order valence-electron chi connectivity index (χ0n) is 16.5. The summed E-state index contributed by atoms with van der Waals surface area (Å²) < 4.78 is 0. The van der Waals surface area contributed by atoms with Crippen molar-refractivity contribution in [3.05, 3.63) is 58.5 Å². The molecule has 0 saturated carbocycles. The fraction of sp³-hybridized carbons (Fsp3) is 0.381. The van der Waals surface area contributed by atoms with Crippen LogP contribution in [0.25, 0.3) is 5.57 Å². The molecule has 1 aromatic heterocycles. The van der Waals surface area contributed by atoms with Crippen LogP contribution in [-0.4, -0.2) is 40.0 Å². The number of nitrogens with zero attached hydrogens (tertiary/aromatic N) is 2. The highest BCUT2D eigenvalue weighted by Gasteiger charge is 2.37. The second-order valence-electron chi connectivity index (χ2n) is 7.66. The van der Waals surface area contributed by atoms with Gasteiger partial charge in [0.2, 0.25) is 0 Å². The Labute approximate surface area is 159 Å². The molecule has 6 nitrogen and oxygen atoms in total. The number of fused-ring (bicyclic) bond motifs is 1. The summed E-state index contributed by atoms with van der Waals surface area (Å²) in [7, 11) is 0. The van der Waals surface area contributed by atoms with Crippen molar-refractivity contribution in [3.8, 4) is 0 Å². The van der Waals surface area contributed by atoms with Crippen molar-refractivity contribution in [2.75, 3.05) is 13.1 Å². The molecular formula is C21H26N4O2. The van der Waals surface area contributed by atoms with E-state index in [1.165, 1.54) is 0 Å². The molecule has 0 fully saturated rings. The molecule has 0 atom stereocenters. The summed E-state index contributed by atoms with van der Waals surface area (Å²) in [6, 6.07) is 7.47. The van der Waals surface area contributed by atoms with Crippen LogP contribution in [0.1, 0.15) is 53.6 Å². The number of hydrogen-bond acceptors (Lipinski definition) is 3. The molecule has 1 aliphatic heterocycles. The van der Waals surface area contributed by atoms with Crippen LogP contribution in [0.15, 0.2) is 30.5 Å². The molecule has 3 rings (SSSR count). The summed E-state index contributed by atoms with van der Waals surface area (Å²) in [5.41, 5.74) is 4.23. The van der Waals surface area contributed by atoms with Crippen LogP contribution in [0.2, 0.25) is 0 Å². The van der Waals surface area contributed by atoms with Gasteiger partial charge in [-0.25, -0.2) is 0 Å². The van der Waals surface area contributed by atoms with E-state index in [1.54, 1.807) is 11.1 Å². The monoisotopic (exact) mass is 366 g/mol. The number of aryl methyl sites for hydroxylation is 2. The molecule has 0 spiro atoms. The zero-order chi connectivity index (χ0) is 19.8. The van der Waals surface area contributed by atoms with Gasteiger partial charge in [-0.2, -0.15) is 5.10 Å². The summed E-state index contributed by atoms with van der Waals surface area (Å²) in [5.74, 6) is -0.360. The van der Waals surface area contributed by atoms with Gasteiger partial charge in [-0.1, -0.05) is 31.5 Å². The maximum absolute atomic E-state index is 13.2. The van der Waals surface area contributed by atoms with Gasteiger partial charge in [0, 0.05) is 41.5 Å². The number of carbonyl (C=O) groups is 2. The molecule has 2 N–H and O–H groups in total. The highest BCUT2D eigenvalue weighted by atomic mass is 16.2. The zero-order valence-corrected chi connectivity index (χ0v) is 16.5. The number of aromatic nitrogens is 2. The van der Waals surface area contributed by atoms with Gasteiger partial charge in [0.15, 0.2) is 0 Å². The third kappa shape index (κ3) is 3.52. The Morgan fingerprint density at radius 1 is 1.22 bits per heavy atom. The van der Waals surface area contributed by atoms with Gasteiger partial charge < -0.3 is 10.2 Å². The van der Waals surface area contributed by atoms with E-state index in [-0.39, 0.29) is 17.2 Å². The Kier molecular flexibility index (Phi) is 4.91. The van der Waals surface area contributed by atoms with E-state index in [9.17, 15) is 9.59 Å². The van der Waals surface area contributed by atoms with Crippen LogP contribution in [0, 0.1) is 13.8 Å². The average molecular weight is 366 g/mol. The van der Waals surface area contributed by atoms with E-state index in [0.29, 0.717) is 29.9 Å². The van der Waals surface area contributed by atoms with Crippen LogP contribution in [0.3, 0.4) is 0 Å². The van der Waals surface area contributed by atoms with Crippen LogP contribution in [-0.2, 0) is 10.2 Å². The fourth-order valence-corrected chi connectivity index (χ4v) is 3.63. The first-order valence-corrected chi connectivity index (χ1v) is 9.18. The minimum absolute atomic E-state index is 0.128. The van der Waals surface area contributed by atoms with E-state index >= 15 is 0 Å². The van der Waals surface area contributed by atoms with Crippen LogP contribution in [0.5, 0.6) is 0 Å². The lowest BCUT2D eigenvalue weighted by Crippen LogP contribution is -2.37. The molecule has 0 bridgehead atoms. The van der Waals surface area contributed by atoms with Gasteiger partial charge >= 0.3 is 0 Å². The largest absolute Gasteiger partial charge is 0.352 e. The quantitative estimate of drug-likeness (QED) is 0.877. The molecule has 0 saturated heterocycles. The Bertz CT molecular complexity index is 907. The minimum Gasteiger partial charge on any atom is -0.352 e. The summed E-state index contributed by atoms with van der Waals surface area (Å²) in [5, 5.41) is 10.2. The third-order valence-electron chi connectivity index (χ3n) is 4.87. The SMILES string of the molecule is CCNC(=O)C1=CN(C(=O)c2ccc(C)cc2)CC(C)(C)c2c1n[nH]c2C. The maximum atomic E-state index is 13.2. The molecule has 2 heterocycles. The van der Waals surface area contributed by atoms with Crippen molar-refractivity contribution in [3.63, 3.8) is 0 Å². The third-order valence-corrected chi connectivity index (χ3v) is 4.87. The van der Waals surface area contributed by atoms with Crippen LogP contribution in [0.4, 0.5) is 0 Å². The Balaban J connectivity index is 2.10. The molecule has 1 aliphatic rings. The van der Waals surface area contributed by atoms with Crippen molar-refractivity contribution in [2.45, 2.75) is 40.0 Å². The first-order chi connectivity index (χ1) is 12.7. The molecule has 0 unspecified atom stereocenters. The Morgan fingerprint density at radius 3 is 2.52 bits per heavy atom. The van der Waals surface area contributed by atoms with Gasteiger partial charge in [0.05, 0.1) is 5.57 Å². The summed E-state index contributed by atoms with van der Waals surface area (Å²) >= 11 is 0. The highest BCUT2D eigenvalue weighted by molar-refractivity contribution is 6.20. The number of nitrogens with one attached hydrogen (secondary N) is 2. The van der Waals surface area contributed by atoms with Crippen molar-refractivity contribution in [2.24, 2.45) is 0 Å². The van der Waals surface area contributed by atoms with E-state index < -0.39 is 0 Å². The number of H-pyrrole nitrogens is 1. The summed E-state index contributed by atoms with van der Waals surface area (Å²) in [6.45, 7) is 10.9. The Morgan fingerprint density at radius 2 is 1.89 bits per heavy atom. The molecule has 0 radical (unpaired) electrons. The van der Waals surface area contributed by atoms with Crippen LogP contribution < -0.4 is 5.32 Å². The summed E-state index contributed by atoms with van der Waals surface area (Å²) in [4.78, 5) is 27.5. The normalized spacial score (nSPS) is 15.6. The van der Waals surface area contributed by atoms with Gasteiger partial charge in [-0.05, 0) is 32.9 Å². The number of likely N-dealkylation sites (N-methyl/N-ethyl adjacent to an activating group) is 1. The Hall–Kier alpha value is -2.89. The van der Waals surface area contributed by atoms with E-state index in [2.05, 4.69) is 29.4 Å². The van der Waals surface area contributed by atoms with Gasteiger partial charge in [0.1, 0.15) is 5.69 Å². The van der Waals surface area contributed by atoms with Crippen molar-refractivity contribution in [1.82, 2.24) is 20.4 Å². The first-order valence-electron chi connectivity index (χ1n) is 9.18. The highest BCUT2D eigenvalue weighted by Crippen LogP contribution is 2.36. The standard InChI is InChI=1S/C21H26N4O2/c1-6-22-19(26)16-11-25(20(27)15-9-7-13(2)8-10-15)12-21(4,5)17-14(3)23-24-18(16)17/h7-11H,6,12H2,1-5H3,(H,22,26)(H,23,24). The van der Waals surface area contributed by atoms with Gasteiger partial charge in [-0.15, -0.1) is 0 Å². The van der Waals surface area contributed by atoms with Crippen molar-refractivity contribution in [1.29, 1.82) is 0 Å². The summed E-state index contributed by atoms with van der Waals surface area (Å²) in [6.07, 6.45) is 1.64. The maximum Gasteiger partial charge on any atom is 0.257 e. The fourth-order valence-electron chi connectivity index (χ4n) is 3.63. The lowest BCUT2D eigenvalue weighted by Gasteiger charge is -2.29. The molecule has 1 aromatic carbocycles. The van der Waals surface area contributed by atoms with E-state index in [1.807, 2.05) is 45.0 Å². The number of benzene rings is 1. The minimum atomic E-state index is -0.364. The van der Waals surface area contributed by atoms with E-state index in [0.717, 1.165) is 16.8 Å². The van der Waals surface area contributed by atoms with Crippen LogP contribution >= 0.6 is 0 Å². The average Bonchev–Trinajstić information content (AvgIpc) is 2.95. The number of hydrogen-bond donors (Lipinski definition) is 2. The predicted molar refractivity (Wildman–Crippen MR) is 105 cm³/mol. The van der Waals surface area contributed by atoms with E-state index in [4.69, 9.17) is 0 Å². The van der Waals surface area contributed by atoms with Crippen molar-refractivity contribution < 1.29 is 9.59 Å². The molecule has 2 amide bonds. The second-order valence-corrected chi connectivity index (χ2v) is 7.66. The molecule has 142 valence electrons. The number of carbonyl (C=O) groups excluding carboxylic acids is 2. The molecular weight excluding hydrogens is 340 g/mol. The smallest absolute Gasteiger partial charge is 0.257 e. The van der Waals surface area contributed by atoms with Crippen molar-refractivity contribution >= 4 is 17.4 Å². The topological polar surface area (TPSA) is 78.1 Å². The lowest BCUT2D eigenvalue weighted by atomic mass is 9.82. The molecule has 27 heavy (non-hydrogen) atoms. The predicted octanol–water partition coefficient (Wildman–Crippen LogP) is 2.94. The van der Waals surface area contributed by atoms with Gasteiger partial charge in [-0.3, -0.25) is 14.7 Å². The second kappa shape index (κ2) is 7.02. The van der Waals surface area contributed by atoms with Gasteiger partial charge in [0.25, 0.3) is 11.8 Å². The molecule has 0 aliphatic carbocycles. The number of rotatable bonds is 3. The lowest BCUT2D eigenvalue weighted by molar-refractivity contribution is -0.115.